The second kappa shape index (κ2) is 4.67. The summed E-state index contributed by atoms with van der Waals surface area (Å²) in [6.45, 7) is 7.24. The minimum Gasteiger partial charge on any atom is -0.399 e. The Balaban J connectivity index is 2.08. The highest BCUT2D eigenvalue weighted by molar-refractivity contribution is 5.81. The van der Waals surface area contributed by atoms with Crippen LogP contribution >= 0.6 is 0 Å². The number of nitrogen functional groups attached to an aromatic ring is 1. The van der Waals surface area contributed by atoms with Crippen molar-refractivity contribution in [1.82, 2.24) is 9.78 Å². The third-order valence-electron chi connectivity index (χ3n) is 3.82. The lowest BCUT2D eigenvalue weighted by Crippen LogP contribution is -2.05. The first-order chi connectivity index (χ1) is 9.54. The molecule has 0 amide bonds. The third kappa shape index (κ3) is 2.16. The minimum atomic E-state index is 0.775. The van der Waals surface area contributed by atoms with E-state index in [1.54, 1.807) is 0 Å². The molecule has 3 rings (SSSR count). The molecule has 0 saturated heterocycles. The maximum absolute atomic E-state index is 5.88. The van der Waals surface area contributed by atoms with Gasteiger partial charge in [-0.1, -0.05) is 17.7 Å². The van der Waals surface area contributed by atoms with Crippen molar-refractivity contribution in [2.75, 3.05) is 5.73 Å². The van der Waals surface area contributed by atoms with Crippen LogP contribution in [0.1, 0.15) is 22.3 Å². The molecule has 0 fully saturated rings. The van der Waals surface area contributed by atoms with Crippen molar-refractivity contribution in [2.45, 2.75) is 27.3 Å². The van der Waals surface area contributed by atoms with E-state index in [0.29, 0.717) is 0 Å². The number of anilines is 1. The van der Waals surface area contributed by atoms with E-state index in [1.807, 2.05) is 29.1 Å². The van der Waals surface area contributed by atoms with Gasteiger partial charge >= 0.3 is 0 Å². The van der Waals surface area contributed by atoms with Crippen molar-refractivity contribution < 1.29 is 0 Å². The van der Waals surface area contributed by atoms with Crippen molar-refractivity contribution >= 4 is 16.6 Å². The monoisotopic (exact) mass is 265 g/mol. The van der Waals surface area contributed by atoms with Crippen LogP contribution in [0.5, 0.6) is 0 Å². The van der Waals surface area contributed by atoms with Gasteiger partial charge in [0.05, 0.1) is 18.3 Å². The van der Waals surface area contributed by atoms with Gasteiger partial charge in [0.15, 0.2) is 0 Å². The van der Waals surface area contributed by atoms with Crippen molar-refractivity contribution in [1.29, 1.82) is 0 Å². The summed E-state index contributed by atoms with van der Waals surface area (Å²) < 4.78 is 2.02. The summed E-state index contributed by atoms with van der Waals surface area (Å²) in [6, 6.07) is 10.4. The molecule has 3 aromatic rings. The van der Waals surface area contributed by atoms with Gasteiger partial charge in [0, 0.05) is 11.1 Å². The van der Waals surface area contributed by atoms with Crippen LogP contribution in [0, 0.1) is 20.8 Å². The number of hydrogen-bond donors (Lipinski definition) is 1. The predicted molar refractivity (Wildman–Crippen MR) is 83.9 cm³/mol. The van der Waals surface area contributed by atoms with Gasteiger partial charge in [-0.25, -0.2) is 0 Å². The normalized spacial score (nSPS) is 11.2. The van der Waals surface area contributed by atoms with Gasteiger partial charge in [-0.3, -0.25) is 4.68 Å². The van der Waals surface area contributed by atoms with Crippen LogP contribution < -0.4 is 5.73 Å². The first-order valence-electron chi connectivity index (χ1n) is 6.82. The summed E-state index contributed by atoms with van der Waals surface area (Å²) >= 11 is 0. The number of benzene rings is 2. The molecular weight excluding hydrogens is 246 g/mol. The number of aromatic nitrogens is 2. The molecule has 2 aromatic carbocycles. The molecule has 20 heavy (non-hydrogen) atoms. The highest BCUT2D eigenvalue weighted by Crippen LogP contribution is 2.21. The van der Waals surface area contributed by atoms with Gasteiger partial charge in [0.2, 0.25) is 0 Å². The highest BCUT2D eigenvalue weighted by atomic mass is 15.3. The molecule has 102 valence electrons. The van der Waals surface area contributed by atoms with Gasteiger partial charge in [-0.05, 0) is 55.7 Å². The standard InChI is InChI=1S/C17H19N3/c1-11-6-12(2)16(13(3)7-11)10-20-17-8-15(18)5-4-14(17)9-19-20/h4-9H,10,18H2,1-3H3. The summed E-state index contributed by atoms with van der Waals surface area (Å²) in [7, 11) is 0. The van der Waals surface area contributed by atoms with Gasteiger partial charge in [-0.15, -0.1) is 0 Å². The van der Waals surface area contributed by atoms with Crippen LogP contribution in [0.3, 0.4) is 0 Å². The fourth-order valence-electron chi connectivity index (χ4n) is 2.82. The number of rotatable bonds is 2. The number of fused-ring (bicyclic) bond motifs is 1. The SMILES string of the molecule is Cc1cc(C)c(Cn2ncc3ccc(N)cc32)c(C)c1. The molecule has 0 atom stereocenters. The summed E-state index contributed by atoms with van der Waals surface area (Å²) in [5.41, 5.74) is 13.0. The zero-order valence-electron chi connectivity index (χ0n) is 12.1. The molecule has 0 saturated carbocycles. The number of aryl methyl sites for hydroxylation is 3. The molecule has 0 spiro atoms. The lowest BCUT2D eigenvalue weighted by Gasteiger charge is -2.12. The maximum atomic E-state index is 5.88. The van der Waals surface area contributed by atoms with E-state index >= 15 is 0 Å². The first-order valence-corrected chi connectivity index (χ1v) is 6.82. The van der Waals surface area contributed by atoms with Crippen LogP contribution in [0.25, 0.3) is 10.9 Å². The summed E-state index contributed by atoms with van der Waals surface area (Å²) in [6.07, 6.45) is 1.90. The third-order valence-corrected chi connectivity index (χ3v) is 3.82. The van der Waals surface area contributed by atoms with Crippen molar-refractivity contribution in [3.05, 3.63) is 58.8 Å². The van der Waals surface area contributed by atoms with Crippen LogP contribution in [0.15, 0.2) is 36.5 Å². The Hall–Kier alpha value is -2.29. The number of nitrogens with zero attached hydrogens (tertiary/aromatic N) is 2. The lowest BCUT2D eigenvalue weighted by molar-refractivity contribution is 0.705. The molecule has 0 unspecified atom stereocenters. The summed E-state index contributed by atoms with van der Waals surface area (Å²) in [5.74, 6) is 0. The molecule has 1 heterocycles. The van der Waals surface area contributed by atoms with Gasteiger partial charge in [0.25, 0.3) is 0 Å². The molecule has 1 aromatic heterocycles. The Morgan fingerprint density at radius 1 is 1.05 bits per heavy atom. The zero-order valence-corrected chi connectivity index (χ0v) is 12.1. The second-order valence-electron chi connectivity index (χ2n) is 5.50. The van der Waals surface area contributed by atoms with E-state index in [9.17, 15) is 0 Å². The molecular formula is C17H19N3. The molecule has 3 heteroatoms. The smallest absolute Gasteiger partial charge is 0.0706 e. The number of nitrogens with two attached hydrogens (primary N) is 1. The Morgan fingerprint density at radius 3 is 2.45 bits per heavy atom. The fraction of sp³-hybridized carbons (Fsp3) is 0.235. The van der Waals surface area contributed by atoms with Crippen molar-refractivity contribution in [3.63, 3.8) is 0 Å². The van der Waals surface area contributed by atoms with Crippen LogP contribution in [-0.2, 0) is 6.54 Å². The van der Waals surface area contributed by atoms with Gasteiger partial charge in [-0.2, -0.15) is 5.10 Å². The Kier molecular flexibility index (Phi) is 2.97. The lowest BCUT2D eigenvalue weighted by atomic mass is 10.00. The molecule has 2 N–H and O–H groups in total. The van der Waals surface area contributed by atoms with Gasteiger partial charge < -0.3 is 5.73 Å². The quantitative estimate of drug-likeness (QED) is 0.720. The minimum absolute atomic E-state index is 0.775. The Morgan fingerprint density at radius 2 is 1.75 bits per heavy atom. The molecule has 0 aliphatic heterocycles. The van der Waals surface area contributed by atoms with E-state index in [-0.39, 0.29) is 0 Å². The van der Waals surface area contributed by atoms with E-state index in [1.165, 1.54) is 22.3 Å². The fourth-order valence-corrected chi connectivity index (χ4v) is 2.82. The van der Waals surface area contributed by atoms with Gasteiger partial charge in [0.1, 0.15) is 0 Å². The zero-order chi connectivity index (χ0) is 14.3. The van der Waals surface area contributed by atoms with E-state index in [0.717, 1.165) is 23.1 Å². The molecule has 3 nitrogen and oxygen atoms in total. The molecule has 0 radical (unpaired) electrons. The average Bonchev–Trinajstić information content (AvgIpc) is 2.76. The van der Waals surface area contributed by atoms with Crippen molar-refractivity contribution in [3.8, 4) is 0 Å². The van der Waals surface area contributed by atoms with E-state index in [2.05, 4.69) is 38.0 Å². The first kappa shape index (κ1) is 12.7. The maximum Gasteiger partial charge on any atom is 0.0706 e. The second-order valence-corrected chi connectivity index (χ2v) is 5.50. The van der Waals surface area contributed by atoms with E-state index in [4.69, 9.17) is 5.73 Å². The summed E-state index contributed by atoms with van der Waals surface area (Å²) in [4.78, 5) is 0. The van der Waals surface area contributed by atoms with Crippen molar-refractivity contribution in [2.24, 2.45) is 0 Å². The predicted octanol–water partition coefficient (Wildman–Crippen LogP) is 3.59. The number of hydrogen-bond acceptors (Lipinski definition) is 2. The topological polar surface area (TPSA) is 43.8 Å². The molecule has 0 aliphatic carbocycles. The largest absolute Gasteiger partial charge is 0.399 e. The van der Waals surface area contributed by atoms with Crippen LogP contribution in [0.2, 0.25) is 0 Å². The highest BCUT2D eigenvalue weighted by Gasteiger charge is 2.08. The summed E-state index contributed by atoms with van der Waals surface area (Å²) in [5, 5.41) is 5.62. The molecule has 0 aliphatic rings. The Bertz CT molecular complexity index is 761. The average molecular weight is 265 g/mol. The van der Waals surface area contributed by atoms with Crippen LogP contribution in [0.4, 0.5) is 5.69 Å². The van der Waals surface area contributed by atoms with Crippen LogP contribution in [-0.4, -0.2) is 9.78 Å². The Labute approximate surface area is 119 Å². The molecule has 0 bridgehead atoms. The van der Waals surface area contributed by atoms with E-state index < -0.39 is 0 Å².